The number of aryl methyl sites for hydroxylation is 1. The molecule has 2 aromatic carbocycles. The minimum Gasteiger partial charge on any atom is -0.490 e. The van der Waals surface area contributed by atoms with Crippen molar-refractivity contribution in [2.75, 3.05) is 45.9 Å². The molecule has 5 nitrogen and oxygen atoms in total. The number of nitrogens with zero attached hydrogens (tertiary/aromatic N) is 1. The minimum absolute atomic E-state index is 0.551. The Bertz CT molecular complexity index is 730. The first kappa shape index (κ1) is 20.6. The number of hydrogen-bond donors (Lipinski definition) is 2. The summed E-state index contributed by atoms with van der Waals surface area (Å²) in [4.78, 5) is 2.50. The number of rotatable bonds is 10. The van der Waals surface area contributed by atoms with Gasteiger partial charge in [-0.1, -0.05) is 30.3 Å². The van der Waals surface area contributed by atoms with Crippen molar-refractivity contribution in [3.05, 3.63) is 59.2 Å². The van der Waals surface area contributed by atoms with Gasteiger partial charge in [0.15, 0.2) is 11.5 Å². The molecule has 0 atom stereocenters. The Morgan fingerprint density at radius 1 is 1.04 bits per heavy atom. The summed E-state index contributed by atoms with van der Waals surface area (Å²) in [5, 5.41) is 6.93. The molecule has 1 fully saturated rings. The van der Waals surface area contributed by atoms with E-state index in [1.165, 1.54) is 16.7 Å². The molecule has 1 aliphatic rings. The van der Waals surface area contributed by atoms with Gasteiger partial charge in [-0.2, -0.15) is 0 Å². The van der Waals surface area contributed by atoms with Gasteiger partial charge in [0.05, 0.1) is 6.61 Å². The smallest absolute Gasteiger partial charge is 0.161 e. The van der Waals surface area contributed by atoms with Gasteiger partial charge in [0.1, 0.15) is 6.61 Å². The van der Waals surface area contributed by atoms with Crippen molar-refractivity contribution in [1.29, 1.82) is 0 Å². The quantitative estimate of drug-likeness (QED) is 0.618. The standard InChI is InChI=1S/C23H33N3O2/c1-3-27-23-16-20(17-25-12-15-26-13-10-24-11-14-26)8-9-22(23)28-18-21-7-5-4-6-19(21)2/h4-9,16,24-25H,3,10-15,17-18H2,1-2H3. The second-order valence-corrected chi connectivity index (χ2v) is 7.20. The van der Waals surface area contributed by atoms with E-state index in [0.29, 0.717) is 13.2 Å². The maximum Gasteiger partial charge on any atom is 0.161 e. The van der Waals surface area contributed by atoms with E-state index in [1.807, 2.05) is 19.1 Å². The molecular weight excluding hydrogens is 350 g/mol. The topological polar surface area (TPSA) is 45.8 Å². The highest BCUT2D eigenvalue weighted by atomic mass is 16.5. The normalized spacial score (nSPS) is 14.8. The molecular formula is C23H33N3O2. The van der Waals surface area contributed by atoms with E-state index in [-0.39, 0.29) is 0 Å². The van der Waals surface area contributed by atoms with E-state index in [1.54, 1.807) is 0 Å². The van der Waals surface area contributed by atoms with Crippen molar-refractivity contribution in [1.82, 2.24) is 15.5 Å². The highest BCUT2D eigenvalue weighted by Crippen LogP contribution is 2.29. The van der Waals surface area contributed by atoms with Crippen molar-refractivity contribution in [3.8, 4) is 11.5 Å². The van der Waals surface area contributed by atoms with Crippen molar-refractivity contribution in [2.24, 2.45) is 0 Å². The summed E-state index contributed by atoms with van der Waals surface area (Å²) in [6.07, 6.45) is 0. The first-order chi connectivity index (χ1) is 13.8. The first-order valence-corrected chi connectivity index (χ1v) is 10.3. The number of ether oxygens (including phenoxy) is 2. The predicted octanol–water partition coefficient (Wildman–Crippen LogP) is 2.97. The van der Waals surface area contributed by atoms with Gasteiger partial charge in [0.2, 0.25) is 0 Å². The van der Waals surface area contributed by atoms with Crippen molar-refractivity contribution in [3.63, 3.8) is 0 Å². The van der Waals surface area contributed by atoms with E-state index in [9.17, 15) is 0 Å². The fraction of sp³-hybridized carbons (Fsp3) is 0.478. The Kier molecular flexibility index (Phi) is 8.15. The van der Waals surface area contributed by atoms with Gasteiger partial charge < -0.3 is 20.1 Å². The van der Waals surface area contributed by atoms with Crippen molar-refractivity contribution < 1.29 is 9.47 Å². The third kappa shape index (κ3) is 6.23. The van der Waals surface area contributed by atoms with Crippen LogP contribution in [0.2, 0.25) is 0 Å². The fourth-order valence-corrected chi connectivity index (χ4v) is 3.38. The van der Waals surface area contributed by atoms with Gasteiger partial charge in [-0.05, 0) is 42.7 Å². The lowest BCUT2D eigenvalue weighted by molar-refractivity contribution is 0.241. The van der Waals surface area contributed by atoms with Crippen LogP contribution in [0.3, 0.4) is 0 Å². The predicted molar refractivity (Wildman–Crippen MR) is 114 cm³/mol. The molecule has 2 aromatic rings. The molecule has 1 heterocycles. The van der Waals surface area contributed by atoms with Crippen LogP contribution in [-0.2, 0) is 13.2 Å². The molecule has 1 saturated heterocycles. The molecule has 0 radical (unpaired) electrons. The monoisotopic (exact) mass is 383 g/mol. The number of hydrogen-bond acceptors (Lipinski definition) is 5. The van der Waals surface area contributed by atoms with Crippen LogP contribution in [0.1, 0.15) is 23.6 Å². The summed E-state index contributed by atoms with van der Waals surface area (Å²) in [6, 6.07) is 14.5. The first-order valence-electron chi connectivity index (χ1n) is 10.3. The number of benzene rings is 2. The van der Waals surface area contributed by atoms with Gasteiger partial charge >= 0.3 is 0 Å². The van der Waals surface area contributed by atoms with Crippen LogP contribution < -0.4 is 20.1 Å². The molecule has 5 heteroatoms. The van der Waals surface area contributed by atoms with Crippen LogP contribution >= 0.6 is 0 Å². The Morgan fingerprint density at radius 2 is 1.86 bits per heavy atom. The molecule has 3 rings (SSSR count). The molecule has 0 spiro atoms. The molecule has 1 aliphatic heterocycles. The van der Waals surface area contributed by atoms with Crippen LogP contribution in [0.5, 0.6) is 11.5 Å². The third-order valence-electron chi connectivity index (χ3n) is 5.10. The second-order valence-electron chi connectivity index (χ2n) is 7.20. The maximum atomic E-state index is 6.06. The zero-order valence-electron chi connectivity index (χ0n) is 17.2. The van der Waals surface area contributed by atoms with E-state index < -0.39 is 0 Å². The molecule has 28 heavy (non-hydrogen) atoms. The van der Waals surface area contributed by atoms with Gasteiger partial charge in [0, 0.05) is 45.8 Å². The van der Waals surface area contributed by atoms with Crippen LogP contribution in [0.15, 0.2) is 42.5 Å². The highest BCUT2D eigenvalue weighted by molar-refractivity contribution is 5.43. The average Bonchev–Trinajstić information content (AvgIpc) is 2.73. The summed E-state index contributed by atoms with van der Waals surface area (Å²) in [7, 11) is 0. The van der Waals surface area contributed by atoms with Crippen LogP contribution in [0.25, 0.3) is 0 Å². The van der Waals surface area contributed by atoms with E-state index in [0.717, 1.165) is 57.3 Å². The largest absolute Gasteiger partial charge is 0.490 e. The van der Waals surface area contributed by atoms with E-state index in [2.05, 4.69) is 52.8 Å². The SMILES string of the molecule is CCOc1cc(CNCCN2CCNCC2)ccc1OCc1ccccc1C. The lowest BCUT2D eigenvalue weighted by atomic mass is 10.1. The van der Waals surface area contributed by atoms with Crippen LogP contribution in [0.4, 0.5) is 0 Å². The summed E-state index contributed by atoms with van der Waals surface area (Å²) in [5.41, 5.74) is 3.65. The van der Waals surface area contributed by atoms with Gasteiger partial charge in [-0.15, -0.1) is 0 Å². The van der Waals surface area contributed by atoms with Crippen LogP contribution in [-0.4, -0.2) is 50.8 Å². The molecule has 0 saturated carbocycles. The molecule has 0 unspecified atom stereocenters. The van der Waals surface area contributed by atoms with Gasteiger partial charge in [-0.25, -0.2) is 0 Å². The molecule has 0 aliphatic carbocycles. The number of nitrogens with one attached hydrogen (secondary N) is 2. The summed E-state index contributed by atoms with van der Waals surface area (Å²) < 4.78 is 11.9. The average molecular weight is 384 g/mol. The third-order valence-corrected chi connectivity index (χ3v) is 5.10. The maximum absolute atomic E-state index is 6.06. The molecule has 0 bridgehead atoms. The molecule has 0 amide bonds. The summed E-state index contributed by atoms with van der Waals surface area (Å²) in [5.74, 6) is 1.62. The fourth-order valence-electron chi connectivity index (χ4n) is 3.38. The van der Waals surface area contributed by atoms with Crippen LogP contribution in [0, 0.1) is 6.92 Å². The lowest BCUT2D eigenvalue weighted by Gasteiger charge is -2.27. The van der Waals surface area contributed by atoms with Gasteiger partial charge in [0.25, 0.3) is 0 Å². The Hall–Kier alpha value is -2.08. The molecule has 2 N–H and O–H groups in total. The Morgan fingerprint density at radius 3 is 2.64 bits per heavy atom. The summed E-state index contributed by atoms with van der Waals surface area (Å²) >= 11 is 0. The zero-order valence-corrected chi connectivity index (χ0v) is 17.2. The molecule has 0 aromatic heterocycles. The van der Waals surface area contributed by atoms with Crippen molar-refractivity contribution in [2.45, 2.75) is 27.0 Å². The number of piperazine rings is 1. The molecule has 152 valence electrons. The second kappa shape index (κ2) is 11.1. The lowest BCUT2D eigenvalue weighted by Crippen LogP contribution is -2.45. The van der Waals surface area contributed by atoms with E-state index in [4.69, 9.17) is 9.47 Å². The van der Waals surface area contributed by atoms with Crippen molar-refractivity contribution >= 4 is 0 Å². The highest BCUT2D eigenvalue weighted by Gasteiger charge is 2.10. The van der Waals surface area contributed by atoms with E-state index >= 15 is 0 Å². The zero-order chi connectivity index (χ0) is 19.6. The Balaban J connectivity index is 1.52. The minimum atomic E-state index is 0.551. The Labute approximate surface area is 169 Å². The summed E-state index contributed by atoms with van der Waals surface area (Å²) in [6.45, 7) is 12.7. The van der Waals surface area contributed by atoms with Gasteiger partial charge in [-0.3, -0.25) is 4.90 Å².